The second-order valence-electron chi connectivity index (χ2n) is 7.05. The zero-order valence-corrected chi connectivity index (χ0v) is 20.6. The fraction of sp³-hybridized carbons (Fsp3) is 0.524. The van der Waals surface area contributed by atoms with Gasteiger partial charge in [0.1, 0.15) is 5.75 Å². The Balaban J connectivity index is 0.00000300. The SMILES string of the molecule is CN=C(NCc1scnc1C)NCC(c1ccc(OC)cc1)N1CCCCC1.I. The summed E-state index contributed by atoms with van der Waals surface area (Å²) in [6.07, 6.45) is 3.87. The fourth-order valence-corrected chi connectivity index (χ4v) is 4.30. The number of ether oxygens (including phenoxy) is 1. The van der Waals surface area contributed by atoms with Crippen molar-refractivity contribution in [1.82, 2.24) is 20.5 Å². The van der Waals surface area contributed by atoms with Gasteiger partial charge in [0.05, 0.1) is 30.9 Å². The summed E-state index contributed by atoms with van der Waals surface area (Å²) < 4.78 is 5.32. The lowest BCUT2D eigenvalue weighted by atomic mass is 10.0. The number of aliphatic imine (C=N–C) groups is 1. The molecule has 8 heteroatoms. The number of piperidine rings is 1. The summed E-state index contributed by atoms with van der Waals surface area (Å²) in [7, 11) is 3.53. The van der Waals surface area contributed by atoms with Gasteiger partial charge in [-0.1, -0.05) is 18.6 Å². The molecule has 2 N–H and O–H groups in total. The summed E-state index contributed by atoms with van der Waals surface area (Å²) in [6.45, 7) is 5.88. The summed E-state index contributed by atoms with van der Waals surface area (Å²) in [6, 6.07) is 8.76. The van der Waals surface area contributed by atoms with Crippen molar-refractivity contribution in [3.63, 3.8) is 0 Å². The van der Waals surface area contributed by atoms with Gasteiger partial charge in [0.15, 0.2) is 5.96 Å². The van der Waals surface area contributed by atoms with Crippen molar-refractivity contribution in [3.8, 4) is 5.75 Å². The van der Waals surface area contributed by atoms with E-state index in [1.165, 1.54) is 29.7 Å². The number of thiazole rings is 1. The van der Waals surface area contributed by atoms with E-state index in [0.717, 1.165) is 43.6 Å². The first kappa shape index (κ1) is 23.9. The first-order chi connectivity index (χ1) is 13.7. The number of likely N-dealkylation sites (tertiary alicyclic amines) is 1. The minimum absolute atomic E-state index is 0. The molecule has 160 valence electrons. The van der Waals surface area contributed by atoms with Crippen LogP contribution in [0.5, 0.6) is 5.75 Å². The molecule has 1 fully saturated rings. The number of halogens is 1. The number of aryl methyl sites for hydroxylation is 1. The highest BCUT2D eigenvalue weighted by Crippen LogP contribution is 2.25. The lowest BCUT2D eigenvalue weighted by Crippen LogP contribution is -2.44. The number of hydrogen-bond acceptors (Lipinski definition) is 5. The first-order valence-electron chi connectivity index (χ1n) is 9.92. The van der Waals surface area contributed by atoms with Crippen LogP contribution >= 0.6 is 35.3 Å². The van der Waals surface area contributed by atoms with Crippen molar-refractivity contribution in [2.24, 2.45) is 4.99 Å². The van der Waals surface area contributed by atoms with E-state index in [1.54, 1.807) is 18.4 Å². The van der Waals surface area contributed by atoms with E-state index in [-0.39, 0.29) is 24.0 Å². The van der Waals surface area contributed by atoms with E-state index in [0.29, 0.717) is 6.04 Å². The highest BCUT2D eigenvalue weighted by molar-refractivity contribution is 14.0. The summed E-state index contributed by atoms with van der Waals surface area (Å²) in [5.41, 5.74) is 4.28. The number of benzene rings is 1. The number of methoxy groups -OCH3 is 1. The molecule has 1 unspecified atom stereocenters. The fourth-order valence-electron chi connectivity index (χ4n) is 3.59. The molecule has 3 rings (SSSR count). The number of rotatable bonds is 7. The van der Waals surface area contributed by atoms with E-state index in [9.17, 15) is 0 Å². The number of aromatic nitrogens is 1. The molecule has 0 spiro atoms. The standard InChI is InChI=1S/C21H31N5OS.HI/c1-16-20(28-15-25-16)14-24-21(22-2)23-13-19(26-11-5-4-6-12-26)17-7-9-18(27-3)10-8-17;/h7-10,15,19H,4-6,11-14H2,1-3H3,(H2,22,23,24);1H. The Bertz CT molecular complexity index is 759. The Morgan fingerprint density at radius 3 is 2.52 bits per heavy atom. The van der Waals surface area contributed by atoms with Crippen molar-refractivity contribution >= 4 is 41.3 Å². The molecule has 1 aromatic heterocycles. The summed E-state index contributed by atoms with van der Waals surface area (Å²) >= 11 is 1.67. The lowest BCUT2D eigenvalue weighted by molar-refractivity contribution is 0.164. The van der Waals surface area contributed by atoms with Gasteiger partial charge in [0.25, 0.3) is 0 Å². The second-order valence-corrected chi connectivity index (χ2v) is 7.99. The largest absolute Gasteiger partial charge is 0.497 e. The van der Waals surface area contributed by atoms with Crippen LogP contribution in [0.15, 0.2) is 34.8 Å². The monoisotopic (exact) mass is 529 g/mol. The second kappa shape index (κ2) is 12.3. The van der Waals surface area contributed by atoms with Crippen molar-refractivity contribution in [2.75, 3.05) is 33.8 Å². The van der Waals surface area contributed by atoms with E-state index in [4.69, 9.17) is 4.74 Å². The van der Waals surface area contributed by atoms with Gasteiger partial charge in [0.2, 0.25) is 0 Å². The molecule has 0 saturated carbocycles. The Labute approximate surface area is 195 Å². The maximum atomic E-state index is 5.32. The Kier molecular flexibility index (Phi) is 10.2. The molecule has 2 heterocycles. The smallest absolute Gasteiger partial charge is 0.191 e. The molecule has 29 heavy (non-hydrogen) atoms. The van der Waals surface area contributed by atoms with Gasteiger partial charge in [-0.15, -0.1) is 35.3 Å². The van der Waals surface area contributed by atoms with Crippen LogP contribution in [0.3, 0.4) is 0 Å². The third-order valence-corrected chi connectivity index (χ3v) is 6.21. The van der Waals surface area contributed by atoms with Crippen molar-refractivity contribution in [2.45, 2.75) is 38.8 Å². The van der Waals surface area contributed by atoms with Crippen LogP contribution in [0.4, 0.5) is 0 Å². The number of hydrogen-bond donors (Lipinski definition) is 2. The molecule has 0 bridgehead atoms. The third-order valence-electron chi connectivity index (χ3n) is 5.28. The molecule has 1 aromatic carbocycles. The van der Waals surface area contributed by atoms with Gasteiger partial charge in [-0.3, -0.25) is 9.89 Å². The summed E-state index contributed by atoms with van der Waals surface area (Å²) in [4.78, 5) is 12.5. The van der Waals surface area contributed by atoms with Gasteiger partial charge in [-0.25, -0.2) is 4.98 Å². The summed E-state index contributed by atoms with van der Waals surface area (Å²) in [5, 5.41) is 6.94. The maximum Gasteiger partial charge on any atom is 0.191 e. The van der Waals surface area contributed by atoms with Gasteiger partial charge in [-0.2, -0.15) is 0 Å². The maximum absolute atomic E-state index is 5.32. The topological polar surface area (TPSA) is 61.8 Å². The van der Waals surface area contributed by atoms with Crippen molar-refractivity contribution < 1.29 is 4.74 Å². The highest BCUT2D eigenvalue weighted by atomic mass is 127. The van der Waals surface area contributed by atoms with E-state index < -0.39 is 0 Å². The number of nitrogens with zero attached hydrogens (tertiary/aromatic N) is 3. The normalized spacial score (nSPS) is 16.0. The van der Waals surface area contributed by atoms with Crippen LogP contribution in [-0.2, 0) is 6.54 Å². The third kappa shape index (κ3) is 6.82. The predicted octanol–water partition coefficient (Wildman–Crippen LogP) is 3.97. The Morgan fingerprint density at radius 2 is 1.93 bits per heavy atom. The zero-order chi connectivity index (χ0) is 19.8. The van der Waals surface area contributed by atoms with Crippen molar-refractivity contribution in [1.29, 1.82) is 0 Å². The number of nitrogens with one attached hydrogen (secondary N) is 2. The Morgan fingerprint density at radius 1 is 1.21 bits per heavy atom. The molecule has 1 aliphatic rings. The molecular formula is C21H32IN5OS. The molecular weight excluding hydrogens is 497 g/mol. The molecule has 1 aliphatic heterocycles. The minimum atomic E-state index is 0. The van der Waals surface area contributed by atoms with Gasteiger partial charge in [-0.05, 0) is 50.6 Å². The van der Waals surface area contributed by atoms with E-state index in [2.05, 4.69) is 37.6 Å². The molecule has 1 atom stereocenters. The molecule has 2 aromatic rings. The zero-order valence-electron chi connectivity index (χ0n) is 17.5. The van der Waals surface area contributed by atoms with Gasteiger partial charge < -0.3 is 15.4 Å². The van der Waals surface area contributed by atoms with Crippen LogP contribution in [0.25, 0.3) is 0 Å². The summed E-state index contributed by atoms with van der Waals surface area (Å²) in [5.74, 6) is 1.72. The van der Waals surface area contributed by atoms with Gasteiger partial charge in [0, 0.05) is 18.5 Å². The van der Waals surface area contributed by atoms with Crippen LogP contribution in [0.1, 0.15) is 41.4 Å². The van der Waals surface area contributed by atoms with Crippen molar-refractivity contribution in [3.05, 3.63) is 45.9 Å². The quantitative estimate of drug-likeness (QED) is 0.323. The molecule has 1 saturated heterocycles. The molecule has 0 amide bonds. The molecule has 6 nitrogen and oxygen atoms in total. The Hall–Kier alpha value is -1.39. The molecule has 0 radical (unpaired) electrons. The van der Waals surface area contributed by atoms with Crippen LogP contribution in [-0.4, -0.2) is 49.6 Å². The lowest BCUT2D eigenvalue weighted by Gasteiger charge is -2.35. The predicted molar refractivity (Wildman–Crippen MR) is 132 cm³/mol. The van der Waals surface area contributed by atoms with Crippen LogP contribution in [0, 0.1) is 6.92 Å². The minimum Gasteiger partial charge on any atom is -0.497 e. The average Bonchev–Trinajstić information content (AvgIpc) is 3.16. The molecule has 0 aliphatic carbocycles. The highest BCUT2D eigenvalue weighted by Gasteiger charge is 2.22. The van der Waals surface area contributed by atoms with Crippen LogP contribution in [0.2, 0.25) is 0 Å². The first-order valence-corrected chi connectivity index (χ1v) is 10.8. The van der Waals surface area contributed by atoms with Gasteiger partial charge >= 0.3 is 0 Å². The van der Waals surface area contributed by atoms with E-state index >= 15 is 0 Å². The van der Waals surface area contributed by atoms with E-state index in [1.807, 2.05) is 31.6 Å². The number of guanidine groups is 1. The van der Waals surface area contributed by atoms with Crippen LogP contribution < -0.4 is 15.4 Å². The average molecular weight is 529 g/mol.